The molecule has 0 fully saturated rings. The van der Waals surface area contributed by atoms with E-state index in [2.05, 4.69) is 34.6 Å². The predicted octanol–water partition coefficient (Wildman–Crippen LogP) is 2.60. The number of aryl methyl sites for hydroxylation is 1. The van der Waals surface area contributed by atoms with Crippen LogP contribution in [0.5, 0.6) is 0 Å². The van der Waals surface area contributed by atoms with Crippen LogP contribution in [-0.4, -0.2) is 74.9 Å². The third-order valence-electron chi connectivity index (χ3n) is 4.10. The van der Waals surface area contributed by atoms with E-state index < -0.39 is 0 Å². The summed E-state index contributed by atoms with van der Waals surface area (Å²) in [7, 11) is 4.11. The Morgan fingerprint density at radius 1 is 1.28 bits per heavy atom. The minimum absolute atomic E-state index is 0.0747. The number of rotatable bonds is 12. The van der Waals surface area contributed by atoms with Crippen LogP contribution in [0.15, 0.2) is 4.99 Å². The van der Waals surface area contributed by atoms with Crippen LogP contribution in [-0.2, 0) is 9.47 Å². The molecule has 1 heterocycles. The smallest absolute Gasteiger partial charge is 0.350 e. The molecule has 0 aliphatic carbocycles. The first-order valence-electron chi connectivity index (χ1n) is 10.3. The van der Waals surface area contributed by atoms with Crippen molar-refractivity contribution in [2.45, 2.75) is 53.2 Å². The molecule has 2 atom stereocenters. The number of nitrogens with one attached hydrogen (secondary N) is 2. The maximum atomic E-state index is 12.0. The van der Waals surface area contributed by atoms with Crippen molar-refractivity contribution in [1.82, 2.24) is 20.5 Å². The van der Waals surface area contributed by atoms with Crippen molar-refractivity contribution in [3.8, 4) is 0 Å². The maximum absolute atomic E-state index is 12.0. The fourth-order valence-electron chi connectivity index (χ4n) is 2.63. The number of hydrogen-bond acceptors (Lipinski definition) is 7. The fraction of sp³-hybridized carbons (Fsp3) is 0.750. The number of ether oxygens (including phenoxy) is 2. The zero-order chi connectivity index (χ0) is 21.8. The Labute approximate surface area is 179 Å². The second kappa shape index (κ2) is 13.5. The predicted molar refractivity (Wildman–Crippen MR) is 119 cm³/mol. The average Bonchev–Trinajstić information content (AvgIpc) is 3.06. The average molecular weight is 428 g/mol. The monoisotopic (exact) mass is 427 g/mol. The van der Waals surface area contributed by atoms with Gasteiger partial charge >= 0.3 is 5.97 Å². The van der Waals surface area contributed by atoms with Gasteiger partial charge in [0.2, 0.25) is 0 Å². The van der Waals surface area contributed by atoms with Gasteiger partial charge < -0.3 is 25.0 Å². The summed E-state index contributed by atoms with van der Waals surface area (Å²) < 4.78 is 10.9. The van der Waals surface area contributed by atoms with Crippen molar-refractivity contribution >= 4 is 23.3 Å². The molecule has 166 valence electrons. The molecule has 0 spiro atoms. The number of carbonyl (C=O) groups is 1. The van der Waals surface area contributed by atoms with Crippen LogP contribution < -0.4 is 10.6 Å². The molecule has 0 amide bonds. The summed E-state index contributed by atoms with van der Waals surface area (Å²) in [5, 5.41) is 7.47. The van der Waals surface area contributed by atoms with Crippen LogP contribution >= 0.6 is 11.3 Å². The summed E-state index contributed by atoms with van der Waals surface area (Å²) in [6.45, 7) is 13.0. The van der Waals surface area contributed by atoms with E-state index in [1.807, 2.05) is 27.7 Å². The Balaban J connectivity index is 2.82. The van der Waals surface area contributed by atoms with Crippen LogP contribution in [0, 0.1) is 6.92 Å². The molecule has 9 heteroatoms. The molecular weight excluding hydrogens is 390 g/mol. The molecule has 8 nitrogen and oxygen atoms in total. The van der Waals surface area contributed by atoms with E-state index in [0.717, 1.165) is 24.5 Å². The van der Waals surface area contributed by atoms with Gasteiger partial charge in [-0.2, -0.15) is 0 Å². The first kappa shape index (κ1) is 25.3. The lowest BCUT2D eigenvalue weighted by atomic mass is 10.2. The molecule has 0 radical (unpaired) electrons. The molecule has 0 bridgehead atoms. The molecule has 1 aromatic heterocycles. The highest BCUT2D eigenvalue weighted by Gasteiger charge is 2.20. The van der Waals surface area contributed by atoms with Crippen LogP contribution in [0.25, 0.3) is 0 Å². The topological polar surface area (TPSA) is 88.1 Å². The van der Waals surface area contributed by atoms with Gasteiger partial charge in [0.05, 0.1) is 31.0 Å². The van der Waals surface area contributed by atoms with E-state index in [1.54, 1.807) is 6.92 Å². The summed E-state index contributed by atoms with van der Waals surface area (Å²) in [6.07, 6.45) is 0.999. The highest BCUT2D eigenvalue weighted by molar-refractivity contribution is 7.13. The molecule has 2 N–H and O–H groups in total. The largest absolute Gasteiger partial charge is 0.462 e. The third kappa shape index (κ3) is 9.10. The molecular formula is C20H37N5O3S. The lowest BCUT2D eigenvalue weighted by Gasteiger charge is -2.20. The second-order valence-electron chi connectivity index (χ2n) is 6.94. The summed E-state index contributed by atoms with van der Waals surface area (Å²) in [5.74, 6) is 0.391. The Morgan fingerprint density at radius 3 is 2.59 bits per heavy atom. The van der Waals surface area contributed by atoms with Gasteiger partial charge in [0.1, 0.15) is 9.88 Å². The highest BCUT2D eigenvalue weighted by Crippen LogP contribution is 2.24. The Morgan fingerprint density at radius 2 is 2.00 bits per heavy atom. The first-order chi connectivity index (χ1) is 13.8. The number of esters is 1. The first-order valence-corrected chi connectivity index (χ1v) is 11.1. The van der Waals surface area contributed by atoms with E-state index >= 15 is 0 Å². The van der Waals surface area contributed by atoms with Gasteiger partial charge in [0.15, 0.2) is 5.96 Å². The standard InChI is InChI=1S/C20H37N5O3S/c1-8-21-20(22-13-16(27-9-2)11-12-25(6)7)24-15(5)18-23-14(4)17(29-18)19(26)28-10-3/h15-16H,8-13H2,1-7H3,(H2,21,22,24). The molecule has 0 saturated heterocycles. The lowest BCUT2D eigenvalue weighted by molar-refractivity contribution is 0.0530. The summed E-state index contributed by atoms with van der Waals surface area (Å²) in [5.41, 5.74) is 0.694. The highest BCUT2D eigenvalue weighted by atomic mass is 32.1. The summed E-state index contributed by atoms with van der Waals surface area (Å²) in [6, 6.07) is -0.0907. The zero-order valence-corrected chi connectivity index (χ0v) is 19.7. The summed E-state index contributed by atoms with van der Waals surface area (Å²) >= 11 is 1.36. The lowest BCUT2D eigenvalue weighted by Crippen LogP contribution is -2.39. The SMILES string of the molecule is CCNC(=NCC(CCN(C)C)OCC)NC(C)c1nc(C)c(C(=O)OCC)s1. The fourth-order valence-corrected chi connectivity index (χ4v) is 3.60. The van der Waals surface area contributed by atoms with Gasteiger partial charge in [-0.25, -0.2) is 9.78 Å². The minimum atomic E-state index is -0.318. The number of guanidine groups is 1. The van der Waals surface area contributed by atoms with Gasteiger partial charge in [-0.3, -0.25) is 4.99 Å². The molecule has 0 aromatic carbocycles. The third-order valence-corrected chi connectivity index (χ3v) is 5.42. The van der Waals surface area contributed by atoms with Crippen LogP contribution in [0.3, 0.4) is 0 Å². The van der Waals surface area contributed by atoms with Crippen LogP contribution in [0.4, 0.5) is 0 Å². The van der Waals surface area contributed by atoms with Gasteiger partial charge in [-0.1, -0.05) is 0 Å². The van der Waals surface area contributed by atoms with Crippen molar-refractivity contribution in [3.05, 3.63) is 15.6 Å². The van der Waals surface area contributed by atoms with Gasteiger partial charge in [0, 0.05) is 19.7 Å². The van der Waals surface area contributed by atoms with Crippen molar-refractivity contribution in [2.75, 3.05) is 46.9 Å². The zero-order valence-electron chi connectivity index (χ0n) is 18.9. The second-order valence-corrected chi connectivity index (χ2v) is 7.97. The van der Waals surface area contributed by atoms with Crippen LogP contribution in [0.1, 0.15) is 60.5 Å². The van der Waals surface area contributed by atoms with Gasteiger partial charge in [0.25, 0.3) is 0 Å². The number of nitrogens with zero attached hydrogens (tertiary/aromatic N) is 3. The van der Waals surface area contributed by atoms with Gasteiger partial charge in [-0.15, -0.1) is 11.3 Å². The Bertz CT molecular complexity index is 648. The minimum Gasteiger partial charge on any atom is -0.462 e. The van der Waals surface area contributed by atoms with Crippen molar-refractivity contribution in [2.24, 2.45) is 4.99 Å². The normalized spacial score (nSPS) is 14.0. The van der Waals surface area contributed by atoms with E-state index in [1.165, 1.54) is 11.3 Å². The van der Waals surface area contributed by atoms with E-state index in [9.17, 15) is 4.79 Å². The number of aliphatic imine (C=N–C) groups is 1. The number of carbonyl (C=O) groups excluding carboxylic acids is 1. The van der Waals surface area contributed by atoms with Crippen molar-refractivity contribution in [3.63, 3.8) is 0 Å². The molecule has 1 aromatic rings. The Kier molecular flexibility index (Phi) is 11.8. The van der Waals surface area contributed by atoms with Crippen molar-refractivity contribution < 1.29 is 14.3 Å². The van der Waals surface area contributed by atoms with E-state index in [4.69, 9.17) is 14.5 Å². The molecule has 0 aliphatic rings. The quantitative estimate of drug-likeness (QED) is 0.301. The maximum Gasteiger partial charge on any atom is 0.350 e. The van der Waals surface area contributed by atoms with Gasteiger partial charge in [-0.05, 0) is 55.1 Å². The molecule has 1 rings (SSSR count). The molecule has 0 aliphatic heterocycles. The molecule has 2 unspecified atom stereocenters. The number of aromatic nitrogens is 1. The number of thiazole rings is 1. The van der Waals surface area contributed by atoms with E-state index in [-0.39, 0.29) is 18.1 Å². The van der Waals surface area contributed by atoms with Crippen LogP contribution in [0.2, 0.25) is 0 Å². The molecule has 29 heavy (non-hydrogen) atoms. The van der Waals surface area contributed by atoms with E-state index in [0.29, 0.717) is 36.3 Å². The molecule has 0 saturated carbocycles. The number of hydrogen-bond donors (Lipinski definition) is 2. The van der Waals surface area contributed by atoms with Crippen molar-refractivity contribution in [1.29, 1.82) is 0 Å². The Hall–Kier alpha value is -1.71. The summed E-state index contributed by atoms with van der Waals surface area (Å²) in [4.78, 5) is 24.0.